The van der Waals surface area contributed by atoms with Crippen LogP contribution in [-0.4, -0.2) is 35.8 Å². The van der Waals surface area contributed by atoms with Gasteiger partial charge in [-0.25, -0.2) is 14.2 Å². The van der Waals surface area contributed by atoms with Gasteiger partial charge >= 0.3 is 6.09 Å². The monoisotopic (exact) mass is 363 g/mol. The van der Waals surface area contributed by atoms with Crippen LogP contribution in [0.2, 0.25) is 0 Å². The largest absolute Gasteiger partial charge is 0.446 e. The molecule has 0 radical (unpaired) electrons. The van der Waals surface area contributed by atoms with E-state index < -0.39 is 11.9 Å². The third-order valence-electron chi connectivity index (χ3n) is 4.10. The Hall–Kier alpha value is -2.56. The van der Waals surface area contributed by atoms with Gasteiger partial charge in [0, 0.05) is 18.6 Å². The van der Waals surface area contributed by atoms with Gasteiger partial charge < -0.3 is 20.7 Å². The van der Waals surface area contributed by atoms with Crippen LogP contribution in [0.3, 0.4) is 0 Å². The zero-order valence-corrected chi connectivity index (χ0v) is 15.6. The number of carbonyl (C=O) groups excluding carboxylic acids is 1. The van der Waals surface area contributed by atoms with Crippen LogP contribution in [0.15, 0.2) is 6.07 Å². The van der Waals surface area contributed by atoms with Crippen molar-refractivity contribution in [1.82, 2.24) is 10.3 Å². The number of anilines is 2. The number of rotatable bonds is 4. The standard InChI is InChI=1S/C18H26FN5O2/c1-18(2,3)24-17(25)26-13-7-5-12(6-8-13)22-16-14(19)9-11(10-20)15(21-4)23-16/h9,12-13H,5-8H2,1-4H3,(H,24,25)(H2,21,22,23). The number of carbonyl (C=O) groups is 1. The molecule has 0 spiro atoms. The van der Waals surface area contributed by atoms with E-state index in [1.165, 1.54) is 6.07 Å². The lowest BCUT2D eigenvalue weighted by molar-refractivity contribution is 0.0682. The van der Waals surface area contributed by atoms with Gasteiger partial charge in [-0.3, -0.25) is 0 Å². The summed E-state index contributed by atoms with van der Waals surface area (Å²) in [5.74, 6) is -0.0843. The van der Waals surface area contributed by atoms with Gasteiger partial charge in [0.1, 0.15) is 18.0 Å². The molecule has 0 aromatic carbocycles. The minimum atomic E-state index is -0.552. The van der Waals surface area contributed by atoms with Crippen molar-refractivity contribution in [2.24, 2.45) is 0 Å². The number of halogens is 1. The van der Waals surface area contributed by atoms with E-state index in [1.54, 1.807) is 7.05 Å². The predicted molar refractivity (Wildman–Crippen MR) is 97.5 cm³/mol. The van der Waals surface area contributed by atoms with Crippen LogP contribution in [0.5, 0.6) is 0 Å². The summed E-state index contributed by atoms with van der Waals surface area (Å²) >= 11 is 0. The third-order valence-corrected chi connectivity index (χ3v) is 4.10. The number of hydrogen-bond acceptors (Lipinski definition) is 6. The van der Waals surface area contributed by atoms with Gasteiger partial charge in [0.15, 0.2) is 11.6 Å². The van der Waals surface area contributed by atoms with Gasteiger partial charge in [-0.15, -0.1) is 0 Å². The zero-order valence-electron chi connectivity index (χ0n) is 15.6. The lowest BCUT2D eigenvalue weighted by atomic mass is 9.93. The summed E-state index contributed by atoms with van der Waals surface area (Å²) in [5, 5.41) is 17.7. The molecule has 2 rings (SSSR count). The summed E-state index contributed by atoms with van der Waals surface area (Å²) in [6, 6.07) is 3.13. The van der Waals surface area contributed by atoms with E-state index in [9.17, 15) is 9.18 Å². The zero-order chi connectivity index (χ0) is 19.3. The Morgan fingerprint density at radius 2 is 1.96 bits per heavy atom. The number of nitriles is 1. The van der Waals surface area contributed by atoms with Crippen LogP contribution in [0, 0.1) is 17.1 Å². The molecule has 1 aromatic rings. The molecule has 26 heavy (non-hydrogen) atoms. The minimum Gasteiger partial charge on any atom is -0.446 e. The fraction of sp³-hybridized carbons (Fsp3) is 0.611. The van der Waals surface area contributed by atoms with E-state index in [0.717, 1.165) is 12.8 Å². The molecule has 0 aliphatic heterocycles. The van der Waals surface area contributed by atoms with Crippen molar-refractivity contribution in [3.8, 4) is 6.07 Å². The molecule has 7 nitrogen and oxygen atoms in total. The average molecular weight is 363 g/mol. The number of pyridine rings is 1. The summed E-state index contributed by atoms with van der Waals surface area (Å²) in [6.45, 7) is 5.69. The van der Waals surface area contributed by atoms with Gasteiger partial charge in [0.2, 0.25) is 0 Å². The van der Waals surface area contributed by atoms with Crippen molar-refractivity contribution < 1.29 is 13.9 Å². The summed E-state index contributed by atoms with van der Waals surface area (Å²) < 4.78 is 19.6. The number of aromatic nitrogens is 1. The first-order valence-corrected chi connectivity index (χ1v) is 8.75. The Labute approximate surface area is 153 Å². The summed E-state index contributed by atoms with van der Waals surface area (Å²) in [4.78, 5) is 16.0. The van der Waals surface area contributed by atoms with E-state index in [0.29, 0.717) is 18.7 Å². The van der Waals surface area contributed by atoms with Crippen molar-refractivity contribution >= 4 is 17.7 Å². The molecule has 1 aliphatic rings. The molecule has 1 saturated carbocycles. The molecule has 1 aliphatic carbocycles. The first-order chi connectivity index (χ1) is 12.2. The summed E-state index contributed by atoms with van der Waals surface area (Å²) in [5.41, 5.74) is -0.169. The Balaban J connectivity index is 1.89. The Kier molecular flexibility index (Phi) is 6.24. The van der Waals surface area contributed by atoms with E-state index in [4.69, 9.17) is 10.00 Å². The van der Waals surface area contributed by atoms with Gasteiger partial charge in [0.05, 0.1) is 5.56 Å². The molecule has 3 N–H and O–H groups in total. The highest BCUT2D eigenvalue weighted by Crippen LogP contribution is 2.26. The quantitative estimate of drug-likeness (QED) is 0.758. The lowest BCUT2D eigenvalue weighted by Gasteiger charge is -2.30. The molecule has 1 amide bonds. The number of hydrogen-bond donors (Lipinski definition) is 3. The Morgan fingerprint density at radius 1 is 1.31 bits per heavy atom. The number of alkyl carbamates (subject to hydrolysis) is 1. The van der Waals surface area contributed by atoms with E-state index in [-0.39, 0.29) is 29.1 Å². The lowest BCUT2D eigenvalue weighted by Crippen LogP contribution is -2.43. The maximum absolute atomic E-state index is 14.1. The number of amides is 1. The Bertz CT molecular complexity index is 688. The second kappa shape index (κ2) is 8.21. The molecular weight excluding hydrogens is 337 g/mol. The normalized spacial score (nSPS) is 20.0. The molecule has 0 bridgehead atoms. The van der Waals surface area contributed by atoms with Crippen molar-refractivity contribution in [3.63, 3.8) is 0 Å². The summed E-state index contributed by atoms with van der Waals surface area (Å²) in [6.07, 6.45) is 2.33. The maximum Gasteiger partial charge on any atom is 0.407 e. The molecule has 142 valence electrons. The number of ether oxygens (including phenoxy) is 1. The van der Waals surface area contributed by atoms with Gasteiger partial charge in [-0.1, -0.05) is 0 Å². The molecule has 0 unspecified atom stereocenters. The van der Waals surface area contributed by atoms with Crippen molar-refractivity contribution in [3.05, 3.63) is 17.4 Å². The van der Waals surface area contributed by atoms with E-state index in [1.807, 2.05) is 26.8 Å². The molecule has 8 heteroatoms. The van der Waals surface area contributed by atoms with Crippen LogP contribution in [-0.2, 0) is 4.74 Å². The molecule has 1 fully saturated rings. The van der Waals surface area contributed by atoms with Crippen LogP contribution in [0.4, 0.5) is 20.8 Å². The van der Waals surface area contributed by atoms with E-state index >= 15 is 0 Å². The van der Waals surface area contributed by atoms with Crippen molar-refractivity contribution in [2.75, 3.05) is 17.7 Å². The average Bonchev–Trinajstić information content (AvgIpc) is 2.56. The fourth-order valence-electron chi connectivity index (χ4n) is 2.87. The molecule has 0 saturated heterocycles. The topological polar surface area (TPSA) is 99.1 Å². The van der Waals surface area contributed by atoms with Crippen molar-refractivity contribution in [2.45, 2.75) is 64.1 Å². The SMILES string of the molecule is CNc1nc(NC2CCC(OC(=O)NC(C)(C)C)CC2)c(F)cc1C#N. The number of nitrogens with one attached hydrogen (secondary N) is 3. The predicted octanol–water partition coefficient (Wildman–Crippen LogP) is 3.38. The first kappa shape index (κ1) is 19.8. The minimum absolute atomic E-state index is 0.0418. The Morgan fingerprint density at radius 3 is 2.50 bits per heavy atom. The van der Waals surface area contributed by atoms with Crippen LogP contribution >= 0.6 is 0 Å². The molecule has 0 atom stereocenters. The van der Waals surface area contributed by atoms with Gasteiger partial charge in [-0.05, 0) is 52.5 Å². The molecule has 1 heterocycles. The molecular formula is C18H26FN5O2. The molecule has 1 aromatic heterocycles. The second-order valence-corrected chi connectivity index (χ2v) is 7.48. The highest BCUT2D eigenvalue weighted by molar-refractivity contribution is 5.68. The second-order valence-electron chi connectivity index (χ2n) is 7.48. The van der Waals surface area contributed by atoms with Crippen LogP contribution in [0.1, 0.15) is 52.0 Å². The van der Waals surface area contributed by atoms with E-state index in [2.05, 4.69) is 20.9 Å². The van der Waals surface area contributed by atoms with Crippen LogP contribution < -0.4 is 16.0 Å². The first-order valence-electron chi connectivity index (χ1n) is 8.75. The van der Waals surface area contributed by atoms with Gasteiger partial charge in [-0.2, -0.15) is 5.26 Å². The summed E-state index contributed by atoms with van der Waals surface area (Å²) in [7, 11) is 1.63. The highest BCUT2D eigenvalue weighted by Gasteiger charge is 2.26. The maximum atomic E-state index is 14.1. The van der Waals surface area contributed by atoms with Crippen LogP contribution in [0.25, 0.3) is 0 Å². The number of nitrogens with zero attached hydrogens (tertiary/aromatic N) is 2. The van der Waals surface area contributed by atoms with Gasteiger partial charge in [0.25, 0.3) is 0 Å². The van der Waals surface area contributed by atoms with Crippen molar-refractivity contribution in [1.29, 1.82) is 5.26 Å². The fourth-order valence-corrected chi connectivity index (χ4v) is 2.87. The smallest absolute Gasteiger partial charge is 0.407 e. The third kappa shape index (κ3) is 5.48. The highest BCUT2D eigenvalue weighted by atomic mass is 19.1.